The molecule has 3 aromatic rings. The third kappa shape index (κ3) is 2.39. The summed E-state index contributed by atoms with van der Waals surface area (Å²) in [6.07, 6.45) is 1.52. The molecule has 2 amide bonds. The lowest BCUT2D eigenvalue weighted by Crippen LogP contribution is -2.55. The molecule has 6 heteroatoms. The van der Waals surface area contributed by atoms with Gasteiger partial charge in [-0.1, -0.05) is 51.1 Å². The summed E-state index contributed by atoms with van der Waals surface area (Å²) in [4.78, 5) is 36.3. The molecule has 1 heterocycles. The number of fused-ring (bicyclic) bond motifs is 6. The summed E-state index contributed by atoms with van der Waals surface area (Å²) in [5, 5.41) is 0. The molecule has 1 fully saturated rings. The number of para-hydroxylation sites is 2. The smallest absolute Gasteiger partial charge is 0.269 e. The van der Waals surface area contributed by atoms with Crippen LogP contribution in [-0.2, 0) is 15.6 Å². The number of carbonyl (C=O) groups excluding carboxylic acids is 2. The fourth-order valence-corrected chi connectivity index (χ4v) is 5.66. The molecule has 2 aliphatic carbocycles. The van der Waals surface area contributed by atoms with E-state index in [1.54, 1.807) is 6.07 Å². The summed E-state index contributed by atoms with van der Waals surface area (Å²) in [7, 11) is 0. The minimum absolute atomic E-state index is 0.230. The number of carbonyl (C=O) groups is 2. The highest BCUT2D eigenvalue weighted by Crippen LogP contribution is 2.70. The van der Waals surface area contributed by atoms with E-state index in [4.69, 9.17) is 9.97 Å². The maximum atomic E-state index is 13.7. The number of amides is 2. The molecule has 2 aliphatic rings. The Hall–Kier alpha value is -3.28. The zero-order valence-corrected chi connectivity index (χ0v) is 18.2. The average molecular weight is 415 g/mol. The number of aromatic nitrogens is 2. The van der Waals surface area contributed by atoms with Crippen molar-refractivity contribution < 1.29 is 9.59 Å². The van der Waals surface area contributed by atoms with Crippen molar-refractivity contribution in [3.8, 4) is 0 Å². The third-order valence-electron chi connectivity index (χ3n) is 8.01. The van der Waals surface area contributed by atoms with Gasteiger partial charge in [0.05, 0.1) is 22.4 Å². The minimum atomic E-state index is -0.854. The molecule has 158 valence electrons. The van der Waals surface area contributed by atoms with Gasteiger partial charge in [-0.3, -0.25) is 20.4 Å². The Labute approximate surface area is 181 Å². The summed E-state index contributed by atoms with van der Waals surface area (Å²) in [5.41, 5.74) is 8.48. The van der Waals surface area contributed by atoms with Crippen LogP contribution in [0, 0.1) is 12.3 Å². The van der Waals surface area contributed by atoms with Gasteiger partial charge in [0, 0.05) is 11.0 Å². The molecule has 0 saturated heterocycles. The molecule has 2 unspecified atom stereocenters. The van der Waals surface area contributed by atoms with E-state index >= 15 is 0 Å². The van der Waals surface area contributed by atoms with E-state index in [0.29, 0.717) is 12.0 Å². The maximum Gasteiger partial charge on any atom is 0.269 e. The highest BCUT2D eigenvalue weighted by atomic mass is 16.2. The van der Waals surface area contributed by atoms with Gasteiger partial charge in [-0.05, 0) is 48.9 Å². The van der Waals surface area contributed by atoms with Crippen molar-refractivity contribution in [1.29, 1.82) is 0 Å². The van der Waals surface area contributed by atoms with Gasteiger partial charge in [0.15, 0.2) is 0 Å². The van der Waals surface area contributed by atoms with Crippen LogP contribution < -0.4 is 10.9 Å². The lowest BCUT2D eigenvalue weighted by molar-refractivity contribution is -0.131. The van der Waals surface area contributed by atoms with Gasteiger partial charge >= 0.3 is 0 Å². The maximum absolute atomic E-state index is 13.7. The standard InChI is InChI=1S/C25H26N4O2/c1-15-9-5-6-10-16(15)21(30)28-29-22(31)25-14-13-24(4,23(25,2)3)19-20(25)27-18-12-8-7-11-17(18)26-19/h5-12H,13-14H2,1-4H3,(H,28,30)(H,29,31). The molecular formula is C25H26N4O2. The number of hydrazine groups is 1. The predicted molar refractivity (Wildman–Crippen MR) is 118 cm³/mol. The van der Waals surface area contributed by atoms with E-state index in [0.717, 1.165) is 34.4 Å². The molecule has 5 rings (SSSR count). The number of rotatable bonds is 2. The SMILES string of the molecule is Cc1ccccc1C(=O)NNC(=O)C12CCC(C)(c3nc4ccccc4nc31)C2(C)C. The quantitative estimate of drug-likeness (QED) is 0.626. The largest absolute Gasteiger partial charge is 0.272 e. The first kappa shape index (κ1) is 19.7. The molecule has 1 aromatic heterocycles. The van der Waals surface area contributed by atoms with Crippen molar-refractivity contribution in [2.75, 3.05) is 0 Å². The van der Waals surface area contributed by atoms with Gasteiger partial charge in [-0.15, -0.1) is 0 Å². The van der Waals surface area contributed by atoms with Crippen LogP contribution in [0.5, 0.6) is 0 Å². The number of benzene rings is 2. The Morgan fingerprint density at radius 1 is 0.839 bits per heavy atom. The molecule has 6 nitrogen and oxygen atoms in total. The van der Waals surface area contributed by atoms with E-state index < -0.39 is 10.8 Å². The number of hydrogen-bond donors (Lipinski definition) is 2. The van der Waals surface area contributed by atoms with Crippen molar-refractivity contribution in [3.05, 3.63) is 71.0 Å². The highest BCUT2D eigenvalue weighted by Gasteiger charge is 2.73. The van der Waals surface area contributed by atoms with Crippen LogP contribution in [0.2, 0.25) is 0 Å². The average Bonchev–Trinajstić information content (AvgIpc) is 3.06. The minimum Gasteiger partial charge on any atom is -0.272 e. The van der Waals surface area contributed by atoms with Gasteiger partial charge < -0.3 is 0 Å². The van der Waals surface area contributed by atoms with Crippen LogP contribution in [0.15, 0.2) is 48.5 Å². The number of nitrogens with one attached hydrogen (secondary N) is 2. The first-order valence-electron chi connectivity index (χ1n) is 10.7. The first-order chi connectivity index (χ1) is 14.7. The van der Waals surface area contributed by atoms with Crippen LogP contribution in [0.25, 0.3) is 11.0 Å². The highest BCUT2D eigenvalue weighted by molar-refractivity contribution is 5.99. The van der Waals surface area contributed by atoms with Crippen LogP contribution in [0.3, 0.4) is 0 Å². The Morgan fingerprint density at radius 2 is 1.45 bits per heavy atom. The topological polar surface area (TPSA) is 84.0 Å². The molecule has 1 saturated carbocycles. The lowest BCUT2D eigenvalue weighted by Gasteiger charge is -2.39. The van der Waals surface area contributed by atoms with Crippen molar-refractivity contribution in [1.82, 2.24) is 20.8 Å². The number of hydrogen-bond acceptors (Lipinski definition) is 4. The van der Waals surface area contributed by atoms with Gasteiger partial charge in [-0.2, -0.15) is 0 Å². The predicted octanol–water partition coefficient (Wildman–Crippen LogP) is 3.73. The first-order valence-corrected chi connectivity index (χ1v) is 10.7. The van der Waals surface area contributed by atoms with E-state index in [-0.39, 0.29) is 17.2 Å². The summed E-state index contributed by atoms with van der Waals surface area (Å²) in [5.74, 6) is -0.560. The van der Waals surface area contributed by atoms with E-state index in [2.05, 4.69) is 31.6 Å². The monoisotopic (exact) mass is 414 g/mol. The Morgan fingerprint density at radius 3 is 2.13 bits per heavy atom. The molecule has 2 bridgehead atoms. The fraction of sp³-hybridized carbons (Fsp3) is 0.360. The second kappa shape index (κ2) is 6.36. The van der Waals surface area contributed by atoms with E-state index in [1.807, 2.05) is 49.4 Å². The second-order valence-corrected chi connectivity index (χ2v) is 9.50. The summed E-state index contributed by atoms with van der Waals surface area (Å²) >= 11 is 0. The van der Waals surface area contributed by atoms with E-state index in [1.165, 1.54) is 0 Å². The normalized spacial score (nSPS) is 25.3. The number of aryl methyl sites for hydroxylation is 1. The molecular weight excluding hydrogens is 388 g/mol. The molecule has 0 aliphatic heterocycles. The van der Waals surface area contributed by atoms with Gasteiger partial charge in [-0.25, -0.2) is 9.97 Å². The van der Waals surface area contributed by atoms with Crippen LogP contribution in [0.4, 0.5) is 0 Å². The Balaban J connectivity index is 1.54. The third-order valence-corrected chi connectivity index (χ3v) is 8.01. The van der Waals surface area contributed by atoms with Gasteiger partial charge in [0.25, 0.3) is 11.8 Å². The van der Waals surface area contributed by atoms with Crippen molar-refractivity contribution >= 4 is 22.8 Å². The van der Waals surface area contributed by atoms with Crippen molar-refractivity contribution in [3.63, 3.8) is 0 Å². The molecule has 2 atom stereocenters. The summed E-state index contributed by atoms with van der Waals surface area (Å²) in [6.45, 7) is 8.30. The molecule has 2 aromatic carbocycles. The molecule has 0 radical (unpaired) electrons. The van der Waals surface area contributed by atoms with Crippen LogP contribution >= 0.6 is 0 Å². The summed E-state index contributed by atoms with van der Waals surface area (Å²) < 4.78 is 0. The summed E-state index contributed by atoms with van der Waals surface area (Å²) in [6, 6.07) is 15.1. The second-order valence-electron chi connectivity index (χ2n) is 9.50. The van der Waals surface area contributed by atoms with Crippen LogP contribution in [0.1, 0.15) is 60.9 Å². The fourth-order valence-electron chi connectivity index (χ4n) is 5.66. The molecule has 31 heavy (non-hydrogen) atoms. The Bertz CT molecular complexity index is 1250. The Kier molecular flexibility index (Phi) is 4.04. The van der Waals surface area contributed by atoms with Crippen LogP contribution in [-0.4, -0.2) is 21.8 Å². The molecule has 2 N–H and O–H groups in total. The van der Waals surface area contributed by atoms with E-state index in [9.17, 15) is 9.59 Å². The van der Waals surface area contributed by atoms with Gasteiger partial charge in [0.1, 0.15) is 5.41 Å². The van der Waals surface area contributed by atoms with Crippen molar-refractivity contribution in [2.45, 2.75) is 51.4 Å². The van der Waals surface area contributed by atoms with Gasteiger partial charge in [0.2, 0.25) is 0 Å². The zero-order valence-electron chi connectivity index (χ0n) is 18.2. The number of nitrogens with zero attached hydrogens (tertiary/aromatic N) is 2. The lowest BCUT2D eigenvalue weighted by atomic mass is 9.63. The zero-order chi connectivity index (χ0) is 22.0. The molecule has 0 spiro atoms. The van der Waals surface area contributed by atoms with Crippen molar-refractivity contribution in [2.24, 2.45) is 5.41 Å².